The van der Waals surface area contributed by atoms with Crippen LogP contribution in [0.2, 0.25) is 0 Å². The molecule has 652 valence electrons. The summed E-state index contributed by atoms with van der Waals surface area (Å²) in [6, 6.07) is 24.6. The number of nitrogens with one attached hydrogen (secondary N) is 6. The molecule has 3 aliphatic carbocycles. The average molecular weight is 1740 g/mol. The highest BCUT2D eigenvalue weighted by molar-refractivity contribution is 8.05. The van der Waals surface area contributed by atoms with Crippen LogP contribution in [-0.2, 0) is 30.1 Å². The molecule has 12 bridgehead atoms. The van der Waals surface area contributed by atoms with Crippen molar-refractivity contribution in [2.75, 3.05) is 84.4 Å². The number of carbonyl (C=O) groups excluding carboxylic acids is 3. The van der Waals surface area contributed by atoms with Crippen molar-refractivity contribution in [2.45, 2.75) is 205 Å². The van der Waals surface area contributed by atoms with Crippen molar-refractivity contribution in [3.63, 3.8) is 0 Å². The van der Waals surface area contributed by atoms with Gasteiger partial charge in [-0.1, -0.05) is 32.9 Å². The number of anilines is 5. The van der Waals surface area contributed by atoms with E-state index in [2.05, 4.69) is 143 Å². The zero-order valence-electron chi connectivity index (χ0n) is 71.2. The zero-order valence-corrected chi connectivity index (χ0v) is 73.7. The van der Waals surface area contributed by atoms with Crippen molar-refractivity contribution < 1.29 is 53.8 Å². The summed E-state index contributed by atoms with van der Waals surface area (Å²) >= 11 is 0. The summed E-state index contributed by atoms with van der Waals surface area (Å²) in [5, 5.41) is 22.6. The smallest absolute Gasteiger partial charge is 0.301 e. The molecular weight excluding hydrogens is 1630 g/mol. The number of hydrogen-bond donors (Lipinski definition) is 6. The number of sulfonamides is 3. The Morgan fingerprint density at radius 2 is 0.764 bits per heavy atom. The Hall–Kier alpha value is -11.1. The Morgan fingerprint density at radius 3 is 1.11 bits per heavy atom. The maximum Gasteiger partial charge on any atom is 0.301 e. The molecule has 6 N–H and O–H groups in total. The summed E-state index contributed by atoms with van der Waals surface area (Å²) in [5.74, 6) is 4.30. The standard InChI is InChI=1S/2C29H37N7O4S.C29H35N7O4S/c3*1-28(2)18-20-10-15-30-22-6-4-7-25(31-22)41(38,39)34-27(37)21-8-9-23(32-26(21)35(28)19-20)36-16-11-24(33-36)40-17-5-12-29(3)13-14-29/h2*4,6-9,11,16,20H,5,10,12-15,17-19H2,1-3H3,(H,30,31)(H,34,37);4,7-9,11,16,20H,5,10,12-15,17-19H2,1-3H3,(H-,30,31,34,37)/p+1. The van der Waals surface area contributed by atoms with Crippen LogP contribution in [0.15, 0.2) is 143 Å². The lowest BCUT2D eigenvalue weighted by atomic mass is 9.94. The molecule has 3 amide bonds. The number of nitrogens with zero attached hydrogens (tertiary/aromatic N) is 15. The number of allylic oxidation sites excluding steroid dienone is 2. The Morgan fingerprint density at radius 1 is 0.423 bits per heavy atom. The van der Waals surface area contributed by atoms with E-state index < -0.39 is 47.8 Å². The third kappa shape index (κ3) is 20.1. The number of ether oxygens (including phenoxy) is 3. The minimum atomic E-state index is -4.23. The molecule has 123 heavy (non-hydrogen) atoms. The van der Waals surface area contributed by atoms with Crippen molar-refractivity contribution in [1.29, 1.82) is 0 Å². The van der Waals surface area contributed by atoms with Crippen LogP contribution in [0.25, 0.3) is 17.5 Å². The Kier molecular flexibility index (Phi) is 23.5. The second kappa shape index (κ2) is 33.9. The Bertz CT molecular complexity index is 5550. The fourth-order valence-corrected chi connectivity index (χ4v) is 20.3. The SMILES string of the molecule is CC1(CCCOc2ccn(-c3ccc4c(n3)N3CC(CCNC5=[C+]C=CC(=N5)S(=O)(=O)NC4=O)CC3(C)C)n2)CC1.CC1(CCCOc2ccn(-c3ccc4c(n3)N3CC(CCNc5cccc(n5)S(=O)(=O)NC4=O)CC3(C)C)n2)CC1.CC1(CCCOc2ccn(-c3ccc4c(n3)N3CC(CCNc5cccc(n5)S(=O)(=O)NC4=O)CC3(C)C)n2)CC1. The van der Waals surface area contributed by atoms with Crippen LogP contribution in [0.1, 0.15) is 209 Å². The lowest BCUT2D eigenvalue weighted by Crippen LogP contribution is -2.42. The van der Waals surface area contributed by atoms with Gasteiger partial charge >= 0.3 is 10.0 Å². The van der Waals surface area contributed by atoms with E-state index in [1.54, 1.807) is 111 Å². The number of aromatic nitrogens is 11. The Balaban J connectivity index is 0.000000137. The number of fused-ring (bicyclic) bond motifs is 17. The molecule has 3 unspecified atom stereocenters. The van der Waals surface area contributed by atoms with Crippen LogP contribution in [0.4, 0.5) is 29.1 Å². The number of rotatable bonds is 18. The summed E-state index contributed by atoms with van der Waals surface area (Å²) in [6.45, 7) is 25.4. The molecule has 10 aliphatic rings. The van der Waals surface area contributed by atoms with Crippen molar-refractivity contribution in [3.05, 3.63) is 150 Å². The third-order valence-corrected chi connectivity index (χ3v) is 29.1. The highest BCUT2D eigenvalue weighted by Crippen LogP contribution is 2.51. The number of amides is 3. The molecule has 3 saturated heterocycles. The van der Waals surface area contributed by atoms with Gasteiger partial charge < -0.3 is 44.9 Å². The second-order valence-electron chi connectivity index (χ2n) is 37.1. The zero-order chi connectivity index (χ0) is 86.5. The maximum atomic E-state index is 13.5. The van der Waals surface area contributed by atoms with E-state index in [4.69, 9.17) is 29.2 Å². The van der Waals surface area contributed by atoms with Gasteiger partial charge in [0.15, 0.2) is 33.6 Å². The number of aliphatic imine (C=N–C) groups is 1. The topological polar surface area (TPSA) is 393 Å². The quantitative estimate of drug-likeness (QED) is 0.0343. The van der Waals surface area contributed by atoms with Gasteiger partial charge in [-0.05, 0) is 252 Å². The van der Waals surface area contributed by atoms with Crippen molar-refractivity contribution in [3.8, 4) is 35.1 Å². The molecule has 3 atom stereocenters. The molecule has 0 radical (unpaired) electrons. The summed E-state index contributed by atoms with van der Waals surface area (Å²) in [4.78, 5) is 74.1. The van der Waals surface area contributed by atoms with Crippen molar-refractivity contribution in [1.82, 2.24) is 73.7 Å². The first-order chi connectivity index (χ1) is 58.5. The first-order valence-corrected chi connectivity index (χ1v) is 47.2. The lowest BCUT2D eigenvalue weighted by molar-refractivity contribution is 0.0972. The molecule has 33 nitrogen and oxygen atoms in total. The minimum Gasteiger partial charge on any atom is -0.477 e. The Labute approximate surface area is 718 Å². The predicted octanol–water partition coefficient (Wildman–Crippen LogP) is 11.8. The first kappa shape index (κ1) is 85.5. The van der Waals surface area contributed by atoms with Crippen LogP contribution in [0.5, 0.6) is 17.6 Å². The summed E-state index contributed by atoms with van der Waals surface area (Å²) in [5.41, 5.74) is 1.06. The number of carbonyl (C=O) groups is 3. The monoisotopic (exact) mass is 1740 g/mol. The molecule has 6 fully saturated rings. The highest BCUT2D eigenvalue weighted by atomic mass is 32.2. The van der Waals surface area contributed by atoms with Gasteiger partial charge in [0.2, 0.25) is 17.6 Å². The first-order valence-electron chi connectivity index (χ1n) is 42.7. The van der Waals surface area contributed by atoms with Gasteiger partial charge in [-0.2, -0.15) is 30.2 Å². The average Bonchev–Trinajstić information content (AvgIpc) is 1.73. The third-order valence-electron chi connectivity index (χ3n) is 25.4. The summed E-state index contributed by atoms with van der Waals surface area (Å²) in [6.07, 6.45) is 30.5. The number of pyridine rings is 5. The van der Waals surface area contributed by atoms with Gasteiger partial charge in [0.25, 0.3) is 48.6 Å². The maximum absolute atomic E-state index is 13.5. The molecule has 36 heteroatoms. The van der Waals surface area contributed by atoms with E-state index in [1.165, 1.54) is 62.8 Å². The fraction of sp³-hybridized carbons (Fsp3) is 0.517. The van der Waals surface area contributed by atoms with Crippen LogP contribution in [-0.4, -0.2) is 178 Å². The fourth-order valence-electron chi connectivity index (χ4n) is 17.5. The van der Waals surface area contributed by atoms with E-state index >= 15 is 0 Å². The van der Waals surface area contributed by atoms with Crippen molar-refractivity contribution >= 4 is 81.9 Å². The largest absolute Gasteiger partial charge is 0.477 e. The van der Waals surface area contributed by atoms with Gasteiger partial charge in [0.1, 0.15) is 41.2 Å². The minimum absolute atomic E-state index is 0.168. The van der Waals surface area contributed by atoms with Crippen molar-refractivity contribution in [2.24, 2.45) is 39.0 Å². The van der Waals surface area contributed by atoms with E-state index in [-0.39, 0.29) is 48.4 Å². The predicted molar refractivity (Wildman–Crippen MR) is 465 cm³/mol. The van der Waals surface area contributed by atoms with Gasteiger partial charge in [0.05, 0.1) is 36.5 Å². The molecule has 15 heterocycles. The van der Waals surface area contributed by atoms with Crippen LogP contribution in [0, 0.1) is 40.1 Å². The molecular formula is C87H110N21O12S3+. The molecule has 0 spiro atoms. The molecule has 8 aromatic heterocycles. The molecule has 3 saturated carbocycles. The van der Waals surface area contributed by atoms with Crippen LogP contribution in [0.3, 0.4) is 0 Å². The lowest BCUT2D eigenvalue weighted by Gasteiger charge is -2.34. The molecule has 7 aliphatic heterocycles. The number of hydrogen-bond acceptors (Lipinski definition) is 27. The van der Waals surface area contributed by atoms with Crippen LogP contribution >= 0.6 is 0 Å². The normalized spacial score (nSPS) is 22.7. The van der Waals surface area contributed by atoms with Gasteiger partial charge in [-0.25, -0.2) is 53.1 Å². The van der Waals surface area contributed by atoms with Crippen LogP contribution < -0.4 is 59.0 Å². The molecule has 8 aromatic rings. The molecule has 0 aromatic carbocycles. The summed E-state index contributed by atoms with van der Waals surface area (Å²) in [7, 11) is -12.7. The van der Waals surface area contributed by atoms with E-state index in [9.17, 15) is 39.6 Å². The van der Waals surface area contributed by atoms with E-state index in [1.807, 2.05) is 0 Å². The van der Waals surface area contributed by atoms with E-state index in [0.29, 0.717) is 163 Å². The summed E-state index contributed by atoms with van der Waals surface area (Å²) < 4.78 is 108. The van der Waals surface area contributed by atoms with E-state index in [0.717, 1.165) is 77.0 Å². The van der Waals surface area contributed by atoms with Gasteiger partial charge in [0, 0.05) is 92.7 Å². The highest BCUT2D eigenvalue weighted by Gasteiger charge is 2.46. The van der Waals surface area contributed by atoms with Gasteiger partial charge in [-0.3, -0.25) is 14.4 Å². The molecule has 18 rings (SSSR count). The van der Waals surface area contributed by atoms with Gasteiger partial charge in [-0.15, -0.1) is 15.3 Å². The second-order valence-corrected chi connectivity index (χ2v) is 42.0.